The number of carboxylic acid groups (broad SMARTS) is 1. The summed E-state index contributed by atoms with van der Waals surface area (Å²) >= 11 is 0. The third-order valence-electron chi connectivity index (χ3n) is 2.07. The second kappa shape index (κ2) is 5.95. The molecule has 1 N–H and O–H groups in total. The number of methoxy groups -OCH3 is 1. The first-order valence-electron chi connectivity index (χ1n) is 4.96. The number of carbonyl (C=O) groups is 2. The molecule has 0 amide bonds. The average molecular weight is 238 g/mol. The molecule has 0 saturated carbocycles. The van der Waals surface area contributed by atoms with Gasteiger partial charge in [0, 0.05) is 12.7 Å². The fourth-order valence-electron chi connectivity index (χ4n) is 1.37. The number of hydrogen-bond acceptors (Lipinski definition) is 5. The summed E-state index contributed by atoms with van der Waals surface area (Å²) in [5.41, 5.74) is 1.03. The molecule has 0 aliphatic rings. The molecule has 17 heavy (non-hydrogen) atoms. The lowest BCUT2D eigenvalue weighted by molar-refractivity contribution is -0.138. The SMILES string of the molecule is COC(=O)c1ccnc(CN(C)CC(=O)O)c1. The highest BCUT2D eigenvalue weighted by molar-refractivity contribution is 5.89. The zero-order valence-corrected chi connectivity index (χ0v) is 9.71. The van der Waals surface area contributed by atoms with E-state index < -0.39 is 11.9 Å². The number of nitrogens with zero attached hydrogens (tertiary/aromatic N) is 2. The highest BCUT2D eigenvalue weighted by atomic mass is 16.5. The van der Waals surface area contributed by atoms with E-state index in [0.29, 0.717) is 17.8 Å². The molecule has 0 aliphatic heterocycles. The number of likely N-dealkylation sites (N-methyl/N-ethyl adjacent to an activating group) is 1. The van der Waals surface area contributed by atoms with Gasteiger partial charge in [-0.25, -0.2) is 4.79 Å². The molecule has 0 aromatic carbocycles. The number of pyridine rings is 1. The van der Waals surface area contributed by atoms with Crippen LogP contribution < -0.4 is 0 Å². The fourth-order valence-corrected chi connectivity index (χ4v) is 1.37. The zero-order valence-electron chi connectivity index (χ0n) is 9.71. The Bertz CT molecular complexity index is 420. The lowest BCUT2D eigenvalue weighted by Gasteiger charge is -2.13. The molecule has 0 atom stereocenters. The van der Waals surface area contributed by atoms with E-state index in [4.69, 9.17) is 5.11 Å². The van der Waals surface area contributed by atoms with Crippen molar-refractivity contribution in [1.29, 1.82) is 0 Å². The molecule has 0 bridgehead atoms. The first kappa shape index (κ1) is 13.1. The van der Waals surface area contributed by atoms with Crippen molar-refractivity contribution in [1.82, 2.24) is 9.88 Å². The van der Waals surface area contributed by atoms with E-state index in [0.717, 1.165) is 0 Å². The Morgan fingerprint density at radius 3 is 2.82 bits per heavy atom. The lowest BCUT2D eigenvalue weighted by Crippen LogP contribution is -2.25. The van der Waals surface area contributed by atoms with Crippen molar-refractivity contribution in [2.75, 3.05) is 20.7 Å². The largest absolute Gasteiger partial charge is 0.480 e. The molecule has 6 heteroatoms. The second-order valence-corrected chi connectivity index (χ2v) is 3.59. The van der Waals surface area contributed by atoms with E-state index in [1.165, 1.54) is 13.3 Å². The van der Waals surface area contributed by atoms with E-state index in [9.17, 15) is 9.59 Å². The normalized spacial score (nSPS) is 10.3. The average Bonchev–Trinajstić information content (AvgIpc) is 2.27. The zero-order chi connectivity index (χ0) is 12.8. The molecule has 1 rings (SSSR count). The summed E-state index contributed by atoms with van der Waals surface area (Å²) in [7, 11) is 2.97. The van der Waals surface area contributed by atoms with Gasteiger partial charge in [0.05, 0.1) is 24.9 Å². The van der Waals surface area contributed by atoms with E-state index in [1.807, 2.05) is 0 Å². The molecule has 1 aromatic rings. The van der Waals surface area contributed by atoms with Crippen LogP contribution in [0, 0.1) is 0 Å². The minimum absolute atomic E-state index is 0.0792. The van der Waals surface area contributed by atoms with Crippen LogP contribution in [0.25, 0.3) is 0 Å². The number of ether oxygens (including phenoxy) is 1. The van der Waals surface area contributed by atoms with E-state index in [2.05, 4.69) is 9.72 Å². The predicted molar refractivity (Wildman–Crippen MR) is 59.5 cm³/mol. The van der Waals surface area contributed by atoms with Gasteiger partial charge >= 0.3 is 11.9 Å². The van der Waals surface area contributed by atoms with Gasteiger partial charge in [0.2, 0.25) is 0 Å². The fraction of sp³-hybridized carbons (Fsp3) is 0.364. The number of aliphatic carboxylic acids is 1. The number of aromatic nitrogens is 1. The number of carbonyl (C=O) groups excluding carboxylic acids is 1. The first-order valence-corrected chi connectivity index (χ1v) is 4.96. The molecule has 6 nitrogen and oxygen atoms in total. The summed E-state index contributed by atoms with van der Waals surface area (Å²) in [5.74, 6) is -1.34. The molecule has 0 spiro atoms. The Kier molecular flexibility index (Phi) is 4.59. The third-order valence-corrected chi connectivity index (χ3v) is 2.07. The molecule has 0 fully saturated rings. The standard InChI is InChI=1S/C11H14N2O4/c1-13(7-10(14)15)6-9-5-8(3-4-12-9)11(16)17-2/h3-5H,6-7H2,1-2H3,(H,14,15). The summed E-state index contributed by atoms with van der Waals surface area (Å²) in [6.45, 7) is 0.279. The molecule has 0 aliphatic carbocycles. The summed E-state index contributed by atoms with van der Waals surface area (Å²) < 4.78 is 4.59. The summed E-state index contributed by atoms with van der Waals surface area (Å²) in [5, 5.41) is 8.61. The van der Waals surface area contributed by atoms with Crippen LogP contribution in [0.4, 0.5) is 0 Å². The van der Waals surface area contributed by atoms with E-state index >= 15 is 0 Å². The van der Waals surface area contributed by atoms with Crippen LogP contribution in [0.3, 0.4) is 0 Å². The predicted octanol–water partition coefficient (Wildman–Crippen LogP) is 0.385. The van der Waals surface area contributed by atoms with Crippen LogP contribution in [-0.2, 0) is 16.1 Å². The lowest BCUT2D eigenvalue weighted by atomic mass is 10.2. The molecule has 1 heterocycles. The number of rotatable bonds is 5. The summed E-state index contributed by atoms with van der Waals surface area (Å²) in [6.07, 6.45) is 1.50. The Morgan fingerprint density at radius 1 is 1.53 bits per heavy atom. The molecule has 0 radical (unpaired) electrons. The van der Waals surface area contributed by atoms with Crippen molar-refractivity contribution in [3.8, 4) is 0 Å². The third kappa shape index (κ3) is 4.20. The number of esters is 1. The maximum absolute atomic E-state index is 11.3. The van der Waals surface area contributed by atoms with Gasteiger partial charge < -0.3 is 9.84 Å². The van der Waals surface area contributed by atoms with Gasteiger partial charge in [0.1, 0.15) is 0 Å². The molecule has 0 saturated heterocycles. The Labute approximate surface area is 98.8 Å². The Balaban J connectivity index is 2.72. The summed E-state index contributed by atoms with van der Waals surface area (Å²) in [6, 6.07) is 3.14. The van der Waals surface area contributed by atoms with Crippen molar-refractivity contribution in [2.24, 2.45) is 0 Å². The number of hydrogen-bond donors (Lipinski definition) is 1. The molecular formula is C11H14N2O4. The Hall–Kier alpha value is -1.95. The van der Waals surface area contributed by atoms with E-state index in [-0.39, 0.29) is 6.54 Å². The quantitative estimate of drug-likeness (QED) is 0.747. The van der Waals surface area contributed by atoms with Crippen LogP contribution in [-0.4, -0.2) is 47.6 Å². The molecule has 92 valence electrons. The van der Waals surface area contributed by atoms with Crippen molar-refractivity contribution < 1.29 is 19.4 Å². The molecule has 0 unspecified atom stereocenters. The maximum Gasteiger partial charge on any atom is 0.337 e. The topological polar surface area (TPSA) is 79.7 Å². The van der Waals surface area contributed by atoms with Gasteiger partial charge in [0.25, 0.3) is 0 Å². The van der Waals surface area contributed by atoms with Crippen LogP contribution in [0.2, 0.25) is 0 Å². The highest BCUT2D eigenvalue weighted by Gasteiger charge is 2.09. The molecule has 1 aromatic heterocycles. The van der Waals surface area contributed by atoms with Crippen LogP contribution in [0.5, 0.6) is 0 Å². The van der Waals surface area contributed by atoms with Gasteiger partial charge in [-0.15, -0.1) is 0 Å². The first-order chi connectivity index (χ1) is 8.02. The molecular weight excluding hydrogens is 224 g/mol. The second-order valence-electron chi connectivity index (χ2n) is 3.59. The van der Waals surface area contributed by atoms with Crippen LogP contribution in [0.1, 0.15) is 16.1 Å². The summed E-state index contributed by atoms with van der Waals surface area (Å²) in [4.78, 5) is 27.4. The minimum Gasteiger partial charge on any atom is -0.480 e. The monoisotopic (exact) mass is 238 g/mol. The number of carboxylic acids is 1. The van der Waals surface area contributed by atoms with Gasteiger partial charge in [-0.1, -0.05) is 0 Å². The van der Waals surface area contributed by atoms with Crippen molar-refractivity contribution in [3.63, 3.8) is 0 Å². The van der Waals surface area contributed by atoms with E-state index in [1.54, 1.807) is 24.1 Å². The van der Waals surface area contributed by atoms with Gasteiger partial charge in [-0.05, 0) is 19.2 Å². The van der Waals surface area contributed by atoms with Crippen molar-refractivity contribution in [2.45, 2.75) is 6.54 Å². The van der Waals surface area contributed by atoms with Gasteiger partial charge in [-0.3, -0.25) is 14.7 Å². The minimum atomic E-state index is -0.906. The van der Waals surface area contributed by atoms with Crippen LogP contribution >= 0.6 is 0 Å². The maximum atomic E-state index is 11.3. The van der Waals surface area contributed by atoms with Gasteiger partial charge in [0.15, 0.2) is 0 Å². The van der Waals surface area contributed by atoms with Crippen LogP contribution in [0.15, 0.2) is 18.3 Å². The highest BCUT2D eigenvalue weighted by Crippen LogP contribution is 2.05. The smallest absolute Gasteiger partial charge is 0.337 e. The Morgan fingerprint density at radius 2 is 2.24 bits per heavy atom. The van der Waals surface area contributed by atoms with Crippen molar-refractivity contribution in [3.05, 3.63) is 29.6 Å². The van der Waals surface area contributed by atoms with Gasteiger partial charge in [-0.2, -0.15) is 0 Å². The van der Waals surface area contributed by atoms with Crippen molar-refractivity contribution >= 4 is 11.9 Å².